The second-order valence-electron chi connectivity index (χ2n) is 6.88. The predicted octanol–water partition coefficient (Wildman–Crippen LogP) is 1.49. The molecule has 1 aromatic carbocycles. The number of carbonyl (C=O) groups excluding carboxylic acids is 1. The van der Waals surface area contributed by atoms with Crippen LogP contribution in [0.3, 0.4) is 0 Å². The van der Waals surface area contributed by atoms with Gasteiger partial charge in [0.2, 0.25) is 15.9 Å². The highest BCUT2D eigenvalue weighted by atomic mass is 32.2. The Labute approximate surface area is 164 Å². The summed E-state index contributed by atoms with van der Waals surface area (Å²) in [5, 5.41) is 4.03. The van der Waals surface area contributed by atoms with Gasteiger partial charge in [-0.3, -0.25) is 4.79 Å². The molecule has 3 rings (SSSR count). The van der Waals surface area contributed by atoms with Gasteiger partial charge in [0.05, 0.1) is 19.9 Å². The Morgan fingerprint density at radius 3 is 2.71 bits per heavy atom. The van der Waals surface area contributed by atoms with Crippen LogP contribution in [-0.2, 0) is 16.6 Å². The van der Waals surface area contributed by atoms with Crippen LogP contribution in [0.15, 0.2) is 28.8 Å². The van der Waals surface area contributed by atoms with Crippen molar-refractivity contribution in [1.82, 2.24) is 19.3 Å². The van der Waals surface area contributed by atoms with Gasteiger partial charge >= 0.3 is 0 Å². The van der Waals surface area contributed by atoms with Crippen molar-refractivity contribution in [1.29, 1.82) is 0 Å². The van der Waals surface area contributed by atoms with Crippen molar-refractivity contribution in [3.63, 3.8) is 0 Å². The molecule has 0 spiro atoms. The van der Waals surface area contributed by atoms with Crippen molar-refractivity contribution in [2.24, 2.45) is 0 Å². The Balaban J connectivity index is 1.60. The number of sulfonamides is 1. The van der Waals surface area contributed by atoms with Gasteiger partial charge in [-0.05, 0) is 31.0 Å². The number of piperidine rings is 1. The Morgan fingerprint density at radius 2 is 2.07 bits per heavy atom. The molecule has 10 heteroatoms. The van der Waals surface area contributed by atoms with E-state index in [1.807, 2.05) is 0 Å². The minimum Gasteiger partial charge on any atom is -0.497 e. The van der Waals surface area contributed by atoms with Crippen molar-refractivity contribution in [3.8, 4) is 5.75 Å². The second-order valence-corrected chi connectivity index (χ2v) is 8.86. The van der Waals surface area contributed by atoms with Crippen LogP contribution < -0.4 is 4.74 Å². The number of nitrogens with zero attached hydrogens (tertiary/aromatic N) is 4. The van der Waals surface area contributed by atoms with E-state index in [-0.39, 0.29) is 18.4 Å². The number of hydrogen-bond acceptors (Lipinski definition) is 7. The lowest BCUT2D eigenvalue weighted by Crippen LogP contribution is -2.37. The number of methoxy groups -OCH3 is 1. The topological polar surface area (TPSA) is 106 Å². The van der Waals surface area contributed by atoms with E-state index >= 15 is 0 Å². The zero-order valence-electron chi connectivity index (χ0n) is 16.2. The SMILES string of the molecule is COc1cccc(C(=O)N(C)Cc2nc(C3CCN(S(C)(=O)=O)CC3)no2)c1. The summed E-state index contributed by atoms with van der Waals surface area (Å²) < 4.78 is 35.1. The highest BCUT2D eigenvalue weighted by Gasteiger charge is 2.28. The smallest absolute Gasteiger partial charge is 0.254 e. The van der Waals surface area contributed by atoms with E-state index in [4.69, 9.17) is 9.26 Å². The molecule has 0 N–H and O–H groups in total. The van der Waals surface area contributed by atoms with Crippen LogP contribution in [0.4, 0.5) is 0 Å². The van der Waals surface area contributed by atoms with Gasteiger partial charge in [-0.2, -0.15) is 4.98 Å². The van der Waals surface area contributed by atoms with Gasteiger partial charge in [-0.1, -0.05) is 11.2 Å². The number of carbonyl (C=O) groups is 1. The molecule has 1 aliphatic heterocycles. The van der Waals surface area contributed by atoms with Crippen LogP contribution in [-0.4, -0.2) is 67.2 Å². The molecule has 0 aliphatic carbocycles. The molecule has 1 amide bonds. The van der Waals surface area contributed by atoms with E-state index in [0.29, 0.717) is 49.0 Å². The third kappa shape index (κ3) is 4.68. The summed E-state index contributed by atoms with van der Waals surface area (Å²) in [6.07, 6.45) is 2.50. The molecule has 1 aliphatic rings. The maximum absolute atomic E-state index is 12.6. The summed E-state index contributed by atoms with van der Waals surface area (Å²) in [6.45, 7) is 1.08. The molecule has 9 nitrogen and oxygen atoms in total. The van der Waals surface area contributed by atoms with E-state index in [0.717, 1.165) is 0 Å². The molecular weight excluding hydrogens is 384 g/mol. The fourth-order valence-electron chi connectivity index (χ4n) is 3.19. The van der Waals surface area contributed by atoms with E-state index in [9.17, 15) is 13.2 Å². The normalized spacial score (nSPS) is 16.1. The number of ether oxygens (including phenoxy) is 1. The maximum atomic E-state index is 12.6. The van der Waals surface area contributed by atoms with Crippen LogP contribution in [0.2, 0.25) is 0 Å². The second kappa shape index (κ2) is 8.27. The lowest BCUT2D eigenvalue weighted by molar-refractivity contribution is 0.0769. The third-order valence-corrected chi connectivity index (χ3v) is 6.11. The number of rotatable bonds is 6. The summed E-state index contributed by atoms with van der Waals surface area (Å²) in [4.78, 5) is 18.5. The molecular formula is C18H24N4O5S. The largest absolute Gasteiger partial charge is 0.497 e. The van der Waals surface area contributed by atoms with Crippen LogP contribution >= 0.6 is 0 Å². The minimum absolute atomic E-state index is 0.0508. The fourth-order valence-corrected chi connectivity index (χ4v) is 4.07. The highest BCUT2D eigenvalue weighted by molar-refractivity contribution is 7.88. The molecule has 0 saturated carbocycles. The maximum Gasteiger partial charge on any atom is 0.254 e. The average Bonchev–Trinajstić information content (AvgIpc) is 3.15. The van der Waals surface area contributed by atoms with Gasteiger partial charge in [0.15, 0.2) is 5.82 Å². The molecule has 1 fully saturated rings. The number of benzene rings is 1. The minimum atomic E-state index is -3.17. The van der Waals surface area contributed by atoms with Gasteiger partial charge in [0.1, 0.15) is 5.75 Å². The molecule has 1 saturated heterocycles. The van der Waals surface area contributed by atoms with Crippen LogP contribution in [0.25, 0.3) is 0 Å². The third-order valence-electron chi connectivity index (χ3n) is 4.81. The fraction of sp³-hybridized carbons (Fsp3) is 0.500. The van der Waals surface area contributed by atoms with Crippen molar-refractivity contribution in [2.75, 3.05) is 33.5 Å². The average molecular weight is 408 g/mol. The number of aromatic nitrogens is 2. The molecule has 28 heavy (non-hydrogen) atoms. The zero-order valence-corrected chi connectivity index (χ0v) is 17.0. The Hall–Kier alpha value is -2.46. The number of hydrogen-bond donors (Lipinski definition) is 0. The summed E-state index contributed by atoms with van der Waals surface area (Å²) in [7, 11) is 0.0451. The summed E-state index contributed by atoms with van der Waals surface area (Å²) in [6, 6.07) is 6.92. The van der Waals surface area contributed by atoms with Gasteiger partial charge in [-0.15, -0.1) is 0 Å². The summed E-state index contributed by atoms with van der Waals surface area (Å²) >= 11 is 0. The zero-order chi connectivity index (χ0) is 20.3. The first-order valence-corrected chi connectivity index (χ1v) is 10.8. The standard InChI is InChI=1S/C18H24N4O5S/c1-21(18(23)14-5-4-6-15(11-14)26-2)12-16-19-17(20-27-16)13-7-9-22(10-8-13)28(3,24)25/h4-6,11,13H,7-10,12H2,1-3H3. The van der Waals surface area contributed by atoms with E-state index in [2.05, 4.69) is 10.1 Å². The van der Waals surface area contributed by atoms with Gasteiger partial charge < -0.3 is 14.2 Å². The van der Waals surface area contributed by atoms with Crippen molar-refractivity contribution < 1.29 is 22.5 Å². The quantitative estimate of drug-likeness (QED) is 0.713. The van der Waals surface area contributed by atoms with Crippen molar-refractivity contribution >= 4 is 15.9 Å². The molecule has 2 heterocycles. The summed E-state index contributed by atoms with van der Waals surface area (Å²) in [5.74, 6) is 1.39. The first kappa shape index (κ1) is 20.3. The van der Waals surface area contributed by atoms with Crippen molar-refractivity contribution in [2.45, 2.75) is 25.3 Å². The Morgan fingerprint density at radius 1 is 1.36 bits per heavy atom. The molecule has 0 unspecified atom stereocenters. The van der Waals surface area contributed by atoms with E-state index < -0.39 is 10.0 Å². The molecule has 1 aromatic heterocycles. The molecule has 2 aromatic rings. The van der Waals surface area contributed by atoms with Gasteiger partial charge in [0.25, 0.3) is 5.91 Å². The molecule has 0 bridgehead atoms. The van der Waals surface area contributed by atoms with Crippen LogP contribution in [0.1, 0.15) is 40.8 Å². The lowest BCUT2D eigenvalue weighted by Gasteiger charge is -2.28. The highest BCUT2D eigenvalue weighted by Crippen LogP contribution is 2.27. The first-order chi connectivity index (χ1) is 13.3. The predicted molar refractivity (Wildman–Crippen MR) is 101 cm³/mol. The Bertz CT molecular complexity index is 935. The molecule has 152 valence electrons. The molecule has 0 radical (unpaired) electrons. The first-order valence-electron chi connectivity index (χ1n) is 8.95. The van der Waals surface area contributed by atoms with Crippen molar-refractivity contribution in [3.05, 3.63) is 41.5 Å². The van der Waals surface area contributed by atoms with Crippen LogP contribution in [0.5, 0.6) is 5.75 Å². The monoisotopic (exact) mass is 408 g/mol. The van der Waals surface area contributed by atoms with E-state index in [1.165, 1.54) is 15.5 Å². The molecule has 0 atom stereocenters. The van der Waals surface area contributed by atoms with E-state index in [1.54, 1.807) is 38.4 Å². The van der Waals surface area contributed by atoms with Gasteiger partial charge in [0, 0.05) is 31.6 Å². The summed E-state index contributed by atoms with van der Waals surface area (Å²) in [5.41, 5.74) is 0.509. The van der Waals surface area contributed by atoms with Gasteiger partial charge in [-0.25, -0.2) is 12.7 Å². The number of amides is 1. The Kier molecular flexibility index (Phi) is 5.99. The van der Waals surface area contributed by atoms with Crippen LogP contribution in [0, 0.1) is 0 Å². The lowest BCUT2D eigenvalue weighted by atomic mass is 9.98.